The number of carbonyl (C=O) groups excluding carboxylic acids is 1. The predicted octanol–water partition coefficient (Wildman–Crippen LogP) is 4.05. The van der Waals surface area contributed by atoms with Gasteiger partial charge >= 0.3 is 0 Å². The van der Waals surface area contributed by atoms with Gasteiger partial charge < -0.3 is 16.0 Å². The molecular weight excluding hydrogens is 406 g/mol. The number of likely N-dealkylation sites (tertiary alicyclic amines) is 1. The summed E-state index contributed by atoms with van der Waals surface area (Å²) in [6.45, 7) is 4.02. The number of amides is 1. The largest absolute Gasteiger partial charge is 0.369 e. The number of benzene rings is 1. The first-order valence-electron chi connectivity index (χ1n) is 10.9. The monoisotopic (exact) mass is 433 g/mol. The number of para-hydroxylation sites is 1. The van der Waals surface area contributed by atoms with E-state index in [1.54, 1.807) is 0 Å². The van der Waals surface area contributed by atoms with Crippen LogP contribution in [-0.2, 0) is 0 Å². The van der Waals surface area contributed by atoms with Crippen molar-refractivity contribution in [2.75, 3.05) is 13.1 Å². The highest BCUT2D eigenvalue weighted by Crippen LogP contribution is 2.28. The molecule has 31 heavy (non-hydrogen) atoms. The van der Waals surface area contributed by atoms with Crippen LogP contribution in [0.25, 0.3) is 15.9 Å². The van der Waals surface area contributed by atoms with Crippen LogP contribution in [0, 0.1) is 5.92 Å². The van der Waals surface area contributed by atoms with Crippen LogP contribution in [0.4, 0.5) is 0 Å². The second-order valence-electron chi connectivity index (χ2n) is 8.44. The Labute approximate surface area is 186 Å². The summed E-state index contributed by atoms with van der Waals surface area (Å²) in [5.41, 5.74) is 9.25. The van der Waals surface area contributed by atoms with Gasteiger partial charge in [0.1, 0.15) is 5.00 Å². The fourth-order valence-electron chi connectivity index (χ4n) is 4.35. The summed E-state index contributed by atoms with van der Waals surface area (Å²) in [5.74, 6) is 0.371. The molecule has 160 valence electrons. The highest BCUT2D eigenvalue weighted by atomic mass is 32.1. The third-order valence-corrected chi connectivity index (χ3v) is 7.02. The van der Waals surface area contributed by atoms with Gasteiger partial charge in [-0.25, -0.2) is 4.68 Å². The van der Waals surface area contributed by atoms with Crippen LogP contribution in [-0.4, -0.2) is 39.7 Å². The number of nitrogens with one attached hydrogen (secondary N) is 1. The minimum Gasteiger partial charge on any atom is -0.369 e. The van der Waals surface area contributed by atoms with Gasteiger partial charge in [-0.2, -0.15) is 5.10 Å². The van der Waals surface area contributed by atoms with Gasteiger partial charge in [-0.1, -0.05) is 37.3 Å². The molecule has 3 heterocycles. The Balaban J connectivity index is 1.35. The van der Waals surface area contributed by atoms with Crippen LogP contribution in [0.3, 0.4) is 0 Å². The van der Waals surface area contributed by atoms with Gasteiger partial charge in [0, 0.05) is 24.5 Å². The smallest absolute Gasteiger partial charge is 0.265 e. The maximum atomic E-state index is 13.1. The number of thiophene rings is 1. The van der Waals surface area contributed by atoms with E-state index in [0.29, 0.717) is 10.8 Å². The van der Waals surface area contributed by atoms with E-state index in [4.69, 9.17) is 5.73 Å². The molecule has 1 saturated heterocycles. The van der Waals surface area contributed by atoms with Crippen LogP contribution < -0.4 is 11.1 Å². The van der Waals surface area contributed by atoms with E-state index >= 15 is 0 Å². The van der Waals surface area contributed by atoms with Gasteiger partial charge in [0.25, 0.3) is 5.91 Å². The summed E-state index contributed by atoms with van der Waals surface area (Å²) < 4.78 is 1.89. The number of carbonyl (C=O) groups is 1. The minimum absolute atomic E-state index is 0.0827. The first-order valence-corrected chi connectivity index (χ1v) is 11.7. The zero-order valence-electron chi connectivity index (χ0n) is 17.6. The van der Waals surface area contributed by atoms with E-state index in [1.165, 1.54) is 11.3 Å². The number of nitrogens with two attached hydrogens (primary N) is 1. The fourth-order valence-corrected chi connectivity index (χ4v) is 5.22. The van der Waals surface area contributed by atoms with Gasteiger partial charge in [0.05, 0.1) is 28.0 Å². The van der Waals surface area contributed by atoms with Crippen LogP contribution in [0.15, 0.2) is 66.1 Å². The number of aromatic nitrogens is 2. The molecule has 2 aromatic heterocycles. The quantitative estimate of drug-likeness (QED) is 0.651. The van der Waals surface area contributed by atoms with Crippen LogP contribution in [0.1, 0.15) is 35.9 Å². The molecule has 0 bridgehead atoms. The zero-order chi connectivity index (χ0) is 21.4. The third-order valence-electron chi connectivity index (χ3n) is 5.96. The molecule has 3 aromatic rings. The van der Waals surface area contributed by atoms with Crippen molar-refractivity contribution in [2.24, 2.45) is 11.7 Å². The van der Waals surface area contributed by atoms with Crippen LogP contribution >= 0.6 is 11.3 Å². The summed E-state index contributed by atoms with van der Waals surface area (Å²) >= 11 is 1.45. The molecule has 3 N–H and O–H groups in total. The number of nitrogens with zero attached hydrogens (tertiary/aromatic N) is 3. The molecule has 1 aliphatic heterocycles. The van der Waals surface area contributed by atoms with Gasteiger partial charge in [0.2, 0.25) is 0 Å². The normalized spacial score (nSPS) is 21.7. The highest BCUT2D eigenvalue weighted by molar-refractivity contribution is 7.16. The van der Waals surface area contributed by atoms with Gasteiger partial charge in [-0.3, -0.25) is 4.79 Å². The highest BCUT2D eigenvalue weighted by Gasteiger charge is 2.25. The van der Waals surface area contributed by atoms with Gasteiger partial charge in [-0.15, -0.1) is 11.3 Å². The van der Waals surface area contributed by atoms with Crippen molar-refractivity contribution in [3.63, 3.8) is 0 Å². The molecule has 1 aromatic carbocycles. The number of rotatable bonds is 4. The van der Waals surface area contributed by atoms with E-state index in [0.717, 1.165) is 59.7 Å². The number of fused-ring (bicyclic) bond motifs is 1. The molecule has 2 aliphatic rings. The maximum absolute atomic E-state index is 13.1. The van der Waals surface area contributed by atoms with Crippen molar-refractivity contribution < 1.29 is 4.79 Å². The number of hydrogen-bond acceptors (Lipinski definition) is 5. The van der Waals surface area contributed by atoms with Crippen molar-refractivity contribution in [2.45, 2.75) is 32.2 Å². The van der Waals surface area contributed by atoms with E-state index in [9.17, 15) is 4.79 Å². The lowest BCUT2D eigenvalue weighted by molar-refractivity contribution is 0.0968. The molecule has 0 spiro atoms. The molecule has 0 saturated carbocycles. The molecule has 2 atom stereocenters. The topological polar surface area (TPSA) is 76.2 Å². The summed E-state index contributed by atoms with van der Waals surface area (Å²) in [5, 5.41) is 9.67. The van der Waals surface area contributed by atoms with E-state index in [2.05, 4.69) is 34.4 Å². The van der Waals surface area contributed by atoms with E-state index < -0.39 is 0 Å². The lowest BCUT2D eigenvalue weighted by atomic mass is 9.96. The van der Waals surface area contributed by atoms with Crippen molar-refractivity contribution in [3.8, 4) is 5.00 Å². The minimum atomic E-state index is -0.0827. The predicted molar refractivity (Wildman–Crippen MR) is 125 cm³/mol. The average molecular weight is 434 g/mol. The average Bonchev–Trinajstić information content (AvgIpc) is 3.42. The Hall–Kier alpha value is -2.90. The Bertz CT molecular complexity index is 1170. The van der Waals surface area contributed by atoms with Crippen molar-refractivity contribution >= 4 is 28.1 Å². The second kappa shape index (κ2) is 8.32. The second-order valence-corrected chi connectivity index (χ2v) is 9.50. The lowest BCUT2D eigenvalue weighted by Crippen LogP contribution is -2.44. The maximum Gasteiger partial charge on any atom is 0.265 e. The zero-order valence-corrected chi connectivity index (χ0v) is 18.4. The SMILES string of the molecule is CC1C=C(N2CCCC(N)C2)C(NC(=O)c2ccc(-n3ncc4ccccc43)s2)=CC1. The van der Waals surface area contributed by atoms with Gasteiger partial charge in [-0.05, 0) is 43.4 Å². The van der Waals surface area contributed by atoms with E-state index in [-0.39, 0.29) is 11.9 Å². The van der Waals surface area contributed by atoms with Crippen molar-refractivity contribution in [1.82, 2.24) is 20.0 Å². The molecule has 1 aliphatic carbocycles. The van der Waals surface area contributed by atoms with E-state index in [1.807, 2.05) is 47.3 Å². The standard InChI is InChI=1S/C24H27N5OS/c1-16-8-9-19(21(13-16)28-12-4-6-18(25)15-28)27-24(30)22-10-11-23(31-22)29-20-7-3-2-5-17(20)14-26-29/h2-3,5,7,9-11,13-14,16,18H,4,6,8,12,15,25H2,1H3,(H,27,30). The summed E-state index contributed by atoms with van der Waals surface area (Å²) in [6.07, 6.45) is 9.33. The summed E-state index contributed by atoms with van der Waals surface area (Å²) in [6, 6.07) is 12.1. The van der Waals surface area contributed by atoms with Crippen LogP contribution in [0.2, 0.25) is 0 Å². The molecule has 6 nitrogen and oxygen atoms in total. The van der Waals surface area contributed by atoms with Crippen molar-refractivity contribution in [1.29, 1.82) is 0 Å². The number of piperidine rings is 1. The molecule has 5 rings (SSSR count). The first kappa shape index (κ1) is 20.0. The molecule has 7 heteroatoms. The lowest BCUT2D eigenvalue weighted by Gasteiger charge is -2.37. The third kappa shape index (κ3) is 4.03. The number of allylic oxidation sites excluding steroid dienone is 2. The molecular formula is C24H27N5OS. The summed E-state index contributed by atoms with van der Waals surface area (Å²) in [7, 11) is 0. The fraction of sp³-hybridized carbons (Fsp3) is 0.333. The van der Waals surface area contributed by atoms with Crippen molar-refractivity contribution in [3.05, 3.63) is 71.0 Å². The molecule has 1 fully saturated rings. The Morgan fingerprint density at radius 2 is 2.13 bits per heavy atom. The summed E-state index contributed by atoms with van der Waals surface area (Å²) in [4.78, 5) is 16.1. The number of hydrogen-bond donors (Lipinski definition) is 2. The van der Waals surface area contributed by atoms with Gasteiger partial charge in [0.15, 0.2) is 0 Å². The Kier molecular flexibility index (Phi) is 5.38. The van der Waals surface area contributed by atoms with Crippen LogP contribution in [0.5, 0.6) is 0 Å². The Morgan fingerprint density at radius 3 is 3.00 bits per heavy atom. The molecule has 1 amide bonds. The first-order chi connectivity index (χ1) is 15.1. The molecule has 0 radical (unpaired) electrons. The molecule has 2 unspecified atom stereocenters. The Morgan fingerprint density at radius 1 is 1.26 bits per heavy atom.